The number of rotatable bonds is 14. The van der Waals surface area contributed by atoms with Gasteiger partial charge in [-0.05, 0) is 34.7 Å². The minimum absolute atomic E-state index is 0.00420. The Kier molecular flexibility index (Phi) is 13.0. The van der Waals surface area contributed by atoms with Crippen molar-refractivity contribution in [2.75, 3.05) is 6.54 Å². The summed E-state index contributed by atoms with van der Waals surface area (Å²) in [7, 11) is 0. The van der Waals surface area contributed by atoms with Crippen LogP contribution in [0.1, 0.15) is 35.1 Å². The molecule has 4 aromatic rings. The monoisotopic (exact) mass is 706 g/mol. The van der Waals surface area contributed by atoms with Gasteiger partial charge in [-0.1, -0.05) is 97.1 Å². The Labute approximate surface area is 301 Å². The number of carbonyl (C=O) groups is 5. The Bertz CT molecular complexity index is 1800. The van der Waals surface area contributed by atoms with Crippen molar-refractivity contribution < 1.29 is 34.2 Å². The van der Waals surface area contributed by atoms with Crippen LogP contribution in [0.15, 0.2) is 116 Å². The largest absolute Gasteiger partial charge is 0.481 e. The summed E-state index contributed by atoms with van der Waals surface area (Å²) in [5.41, 5.74) is 5.61. The lowest BCUT2D eigenvalue weighted by molar-refractivity contribution is -0.138. The summed E-state index contributed by atoms with van der Waals surface area (Å²) in [6, 6.07) is 26.8. The first kappa shape index (κ1) is 37.2. The smallest absolute Gasteiger partial charge is 0.339 e. The molecule has 5 rings (SSSR count). The normalized spacial score (nSPS) is 16.3. The average molecular weight is 707 g/mol. The van der Waals surface area contributed by atoms with Gasteiger partial charge in [0.25, 0.3) is 0 Å². The molecule has 0 radical (unpaired) electrons. The van der Waals surface area contributed by atoms with Crippen molar-refractivity contribution in [2.45, 2.75) is 62.9 Å². The highest BCUT2D eigenvalue weighted by molar-refractivity contribution is 5.93. The number of aromatic nitrogens is 1. The number of β-amino-alcohol motifs (C(OH)–C–C–N with tert-alkyl or cyclic N) is 1. The number of pyridine rings is 1. The fourth-order valence-electron chi connectivity index (χ4n) is 6.14. The number of aliphatic hydroxyl groups is 1. The number of hydrazine groups is 1. The van der Waals surface area contributed by atoms with E-state index in [0.29, 0.717) is 5.56 Å². The van der Waals surface area contributed by atoms with Crippen molar-refractivity contribution in [2.24, 2.45) is 0 Å². The maximum Gasteiger partial charge on any atom is 0.339 e. The van der Waals surface area contributed by atoms with Crippen LogP contribution in [0.3, 0.4) is 0 Å². The number of carboxylic acid groups (broad SMARTS) is 1. The van der Waals surface area contributed by atoms with Crippen LogP contribution in [-0.4, -0.2) is 85.6 Å². The van der Waals surface area contributed by atoms with E-state index in [1.54, 1.807) is 60.9 Å². The van der Waals surface area contributed by atoms with Crippen LogP contribution >= 0.6 is 0 Å². The third kappa shape index (κ3) is 11.0. The molecule has 0 aliphatic carbocycles. The number of hydrogen-bond donors (Lipinski definition) is 5. The van der Waals surface area contributed by atoms with Crippen molar-refractivity contribution in [3.63, 3.8) is 0 Å². The van der Waals surface area contributed by atoms with Gasteiger partial charge in [-0.25, -0.2) is 9.80 Å². The van der Waals surface area contributed by atoms with Crippen LogP contribution in [-0.2, 0) is 45.0 Å². The molecule has 1 aromatic heterocycles. The second-order valence-electron chi connectivity index (χ2n) is 12.7. The van der Waals surface area contributed by atoms with E-state index in [1.807, 2.05) is 54.6 Å². The molecule has 2 heterocycles. The highest BCUT2D eigenvalue weighted by Crippen LogP contribution is 2.21. The molecule has 0 spiro atoms. The van der Waals surface area contributed by atoms with E-state index in [1.165, 1.54) is 4.90 Å². The fraction of sp³-hybridized carbons (Fsp3) is 0.282. The zero-order valence-electron chi connectivity index (χ0n) is 28.5. The summed E-state index contributed by atoms with van der Waals surface area (Å²) in [6.45, 7) is -0.201. The number of nitrogens with one attached hydrogen (secondary N) is 3. The Hall–Kier alpha value is -6.08. The Morgan fingerprint density at radius 3 is 2.02 bits per heavy atom. The number of hydrogen-bond acceptors (Lipinski definition) is 7. The molecule has 0 saturated carbocycles. The van der Waals surface area contributed by atoms with Crippen LogP contribution < -0.4 is 16.1 Å². The molecule has 0 bridgehead atoms. The van der Waals surface area contributed by atoms with E-state index < -0.39 is 54.0 Å². The third-order valence-corrected chi connectivity index (χ3v) is 8.60. The standard InChI is InChI=1S/C39H42N6O7/c46-32-23-34(44(26-32)39(52)45(25-29-15-8-3-9-16-29)43-35(47)21-28-13-6-2-7-14-28)38(51)42-33(20-30-17-10-18-40-24-30)37(50)41-31(22-36(48)49)19-27-11-4-1-5-12-27/h1-18,24,31-34,46H,19-23,25-26H2,(H,41,50)(H,42,51)(H,43,47)(H,48,49)/t31-,32+,33-,34-/m0/s1. The summed E-state index contributed by atoms with van der Waals surface area (Å²) in [5, 5.41) is 27.0. The highest BCUT2D eigenvalue weighted by Gasteiger charge is 2.42. The zero-order valence-corrected chi connectivity index (χ0v) is 28.5. The van der Waals surface area contributed by atoms with Crippen molar-refractivity contribution in [1.82, 2.24) is 31.0 Å². The number of aliphatic carboxylic acids is 1. The number of carbonyl (C=O) groups excluding carboxylic acids is 4. The molecule has 0 unspecified atom stereocenters. The lowest BCUT2D eigenvalue weighted by Crippen LogP contribution is -2.58. The molecule has 5 amide bonds. The van der Waals surface area contributed by atoms with Gasteiger partial charge in [0, 0.05) is 37.8 Å². The molecule has 3 aromatic carbocycles. The van der Waals surface area contributed by atoms with Gasteiger partial charge in [0.2, 0.25) is 17.7 Å². The SMILES string of the molecule is O=C(O)C[C@H](Cc1ccccc1)NC(=O)[C@H](Cc1cccnc1)NC(=O)[C@@H]1C[C@@H](O)CN1C(=O)N(Cc1ccccc1)NC(=O)Cc1ccccc1. The number of amides is 5. The van der Waals surface area contributed by atoms with Crippen LogP contribution in [0.5, 0.6) is 0 Å². The predicted molar refractivity (Wildman–Crippen MR) is 191 cm³/mol. The Morgan fingerprint density at radius 1 is 0.788 bits per heavy atom. The van der Waals surface area contributed by atoms with Gasteiger partial charge in [0.1, 0.15) is 12.1 Å². The van der Waals surface area contributed by atoms with E-state index >= 15 is 0 Å². The average Bonchev–Trinajstić information content (AvgIpc) is 3.53. The number of carboxylic acids is 1. The van der Waals surface area contributed by atoms with Gasteiger partial charge in [-0.3, -0.25) is 29.6 Å². The first-order valence-electron chi connectivity index (χ1n) is 17.0. The van der Waals surface area contributed by atoms with E-state index in [2.05, 4.69) is 21.0 Å². The molecule has 1 saturated heterocycles. The molecular formula is C39H42N6O7. The van der Waals surface area contributed by atoms with Crippen LogP contribution in [0.2, 0.25) is 0 Å². The minimum atomic E-state index is -1.19. The fourth-order valence-corrected chi connectivity index (χ4v) is 6.14. The minimum Gasteiger partial charge on any atom is -0.481 e. The van der Waals surface area contributed by atoms with Crippen molar-refractivity contribution in [3.8, 4) is 0 Å². The topological polar surface area (TPSA) is 181 Å². The maximum atomic E-state index is 14.1. The number of urea groups is 1. The second kappa shape index (κ2) is 18.2. The maximum absolute atomic E-state index is 14.1. The molecule has 1 aliphatic heterocycles. The first-order valence-corrected chi connectivity index (χ1v) is 17.0. The molecule has 13 nitrogen and oxygen atoms in total. The molecule has 52 heavy (non-hydrogen) atoms. The second-order valence-corrected chi connectivity index (χ2v) is 12.7. The Balaban J connectivity index is 1.35. The molecule has 5 N–H and O–H groups in total. The van der Waals surface area contributed by atoms with Gasteiger partial charge in [-0.15, -0.1) is 0 Å². The molecule has 4 atom stereocenters. The van der Waals surface area contributed by atoms with Crippen LogP contribution in [0.4, 0.5) is 4.79 Å². The van der Waals surface area contributed by atoms with Crippen molar-refractivity contribution >= 4 is 29.7 Å². The van der Waals surface area contributed by atoms with E-state index in [9.17, 15) is 34.2 Å². The number of likely N-dealkylation sites (tertiary alicyclic amines) is 1. The summed E-state index contributed by atoms with van der Waals surface area (Å²) in [5.74, 6) is -2.85. The lowest BCUT2D eigenvalue weighted by atomic mass is 10.0. The summed E-state index contributed by atoms with van der Waals surface area (Å²) in [4.78, 5) is 72.1. The summed E-state index contributed by atoms with van der Waals surface area (Å²) >= 11 is 0. The number of benzene rings is 3. The van der Waals surface area contributed by atoms with Gasteiger partial charge in [-0.2, -0.15) is 0 Å². The third-order valence-electron chi connectivity index (χ3n) is 8.60. The van der Waals surface area contributed by atoms with Crippen molar-refractivity contribution in [1.29, 1.82) is 0 Å². The highest BCUT2D eigenvalue weighted by atomic mass is 16.4. The van der Waals surface area contributed by atoms with Gasteiger partial charge < -0.3 is 25.7 Å². The summed E-state index contributed by atoms with van der Waals surface area (Å²) < 4.78 is 0. The van der Waals surface area contributed by atoms with Crippen LogP contribution in [0.25, 0.3) is 0 Å². The summed E-state index contributed by atoms with van der Waals surface area (Å²) in [6.07, 6.45) is 1.90. The van der Waals surface area contributed by atoms with Gasteiger partial charge in [0.05, 0.1) is 25.5 Å². The molecular weight excluding hydrogens is 664 g/mol. The molecule has 13 heteroatoms. The van der Waals surface area contributed by atoms with Gasteiger partial charge in [0.15, 0.2) is 0 Å². The molecule has 270 valence electrons. The van der Waals surface area contributed by atoms with E-state index in [4.69, 9.17) is 0 Å². The lowest BCUT2D eigenvalue weighted by Gasteiger charge is -2.32. The Morgan fingerprint density at radius 2 is 1.40 bits per heavy atom. The predicted octanol–water partition coefficient (Wildman–Crippen LogP) is 2.64. The van der Waals surface area contributed by atoms with E-state index in [0.717, 1.165) is 21.7 Å². The number of nitrogens with zero attached hydrogens (tertiary/aromatic N) is 3. The molecule has 1 aliphatic rings. The van der Waals surface area contributed by atoms with Crippen molar-refractivity contribution in [3.05, 3.63) is 138 Å². The van der Waals surface area contributed by atoms with E-state index in [-0.39, 0.29) is 45.2 Å². The van der Waals surface area contributed by atoms with Crippen LogP contribution in [0, 0.1) is 0 Å². The quantitative estimate of drug-likeness (QED) is 0.124. The van der Waals surface area contributed by atoms with Gasteiger partial charge >= 0.3 is 12.0 Å². The first-order chi connectivity index (χ1) is 25.1. The molecule has 1 fully saturated rings. The number of aliphatic hydroxyl groups excluding tert-OH is 1. The zero-order chi connectivity index (χ0) is 36.9.